The van der Waals surface area contributed by atoms with E-state index in [2.05, 4.69) is 39.7 Å². The molecule has 0 radical (unpaired) electrons. The van der Waals surface area contributed by atoms with Crippen LogP contribution in [-0.4, -0.2) is 11.5 Å². The Morgan fingerprint density at radius 1 is 1.09 bits per heavy atom. The lowest BCUT2D eigenvalue weighted by molar-refractivity contribution is 0.629. The van der Waals surface area contributed by atoms with Crippen molar-refractivity contribution in [2.75, 3.05) is 6.54 Å². The van der Waals surface area contributed by atoms with Crippen LogP contribution < -0.4 is 5.73 Å². The fraction of sp³-hybridized carbons (Fsp3) is 0.222. The number of fused-ring (bicyclic) bond motifs is 1. The van der Waals surface area contributed by atoms with Gasteiger partial charge >= 0.3 is 0 Å². The third kappa shape index (κ3) is 3.03. The summed E-state index contributed by atoms with van der Waals surface area (Å²) in [5.41, 5.74) is 10.0. The normalized spacial score (nSPS) is 11.2. The monoisotopic (exact) mass is 408 g/mol. The van der Waals surface area contributed by atoms with Crippen molar-refractivity contribution in [2.45, 2.75) is 19.3 Å². The first kappa shape index (κ1) is 15.5. The molecule has 0 aliphatic heterocycles. The van der Waals surface area contributed by atoms with E-state index in [1.807, 2.05) is 18.2 Å². The average molecular weight is 408 g/mol. The Bertz CT molecular complexity index is 795. The molecule has 2 nitrogen and oxygen atoms in total. The molecule has 0 spiro atoms. The number of halogens is 2. The molecule has 0 unspecified atom stereocenters. The number of nitrogens with one attached hydrogen (secondary N) is 1. The molecule has 1 heterocycles. The van der Waals surface area contributed by atoms with Gasteiger partial charge in [0, 0.05) is 20.0 Å². The van der Waals surface area contributed by atoms with Crippen LogP contribution in [0.3, 0.4) is 0 Å². The number of aromatic amines is 1. The van der Waals surface area contributed by atoms with Gasteiger partial charge in [-0.1, -0.05) is 18.2 Å². The van der Waals surface area contributed by atoms with E-state index in [-0.39, 0.29) is 5.82 Å². The topological polar surface area (TPSA) is 41.8 Å². The van der Waals surface area contributed by atoms with Gasteiger partial charge < -0.3 is 10.7 Å². The second kappa shape index (κ2) is 6.79. The molecule has 1 aromatic heterocycles. The highest BCUT2D eigenvalue weighted by Crippen LogP contribution is 2.34. The summed E-state index contributed by atoms with van der Waals surface area (Å²) in [4.78, 5) is 3.47. The van der Waals surface area contributed by atoms with Crippen molar-refractivity contribution in [1.29, 1.82) is 0 Å². The maximum atomic E-state index is 13.7. The van der Waals surface area contributed by atoms with Crippen molar-refractivity contribution >= 4 is 33.5 Å². The molecule has 0 amide bonds. The lowest BCUT2D eigenvalue weighted by atomic mass is 10.0. The molecule has 0 saturated carbocycles. The van der Waals surface area contributed by atoms with Gasteiger partial charge in [-0.25, -0.2) is 4.39 Å². The molecule has 0 atom stereocenters. The lowest BCUT2D eigenvalue weighted by Gasteiger charge is -2.07. The number of hydrogen-bond donors (Lipinski definition) is 2. The van der Waals surface area contributed by atoms with Crippen LogP contribution in [-0.2, 0) is 6.42 Å². The molecule has 0 fully saturated rings. The summed E-state index contributed by atoms with van der Waals surface area (Å²) in [7, 11) is 0. The van der Waals surface area contributed by atoms with E-state index in [9.17, 15) is 4.39 Å². The van der Waals surface area contributed by atoms with Crippen LogP contribution in [0.1, 0.15) is 18.4 Å². The Balaban J connectivity index is 2.15. The van der Waals surface area contributed by atoms with Crippen LogP contribution in [0.4, 0.5) is 4.39 Å². The predicted molar refractivity (Wildman–Crippen MR) is 98.4 cm³/mol. The molecule has 114 valence electrons. The smallest absolute Gasteiger partial charge is 0.123 e. The zero-order valence-electron chi connectivity index (χ0n) is 12.2. The summed E-state index contributed by atoms with van der Waals surface area (Å²) < 4.78 is 14.8. The van der Waals surface area contributed by atoms with Gasteiger partial charge in [-0.05, 0) is 78.2 Å². The standard InChI is InChI=1S/C18H18FIN2/c19-12-8-9-17-15(11-12)13(5-3-4-10-21)18(22-17)14-6-1-2-7-16(14)20/h1-2,6-9,11,22H,3-5,10,21H2. The maximum absolute atomic E-state index is 13.7. The van der Waals surface area contributed by atoms with Crippen LogP contribution in [0.2, 0.25) is 0 Å². The van der Waals surface area contributed by atoms with Crippen LogP contribution >= 0.6 is 22.6 Å². The molecule has 0 aliphatic rings. The summed E-state index contributed by atoms with van der Waals surface area (Å²) in [6.45, 7) is 0.689. The molecule has 0 aliphatic carbocycles. The van der Waals surface area contributed by atoms with Gasteiger partial charge in [0.1, 0.15) is 5.82 Å². The summed E-state index contributed by atoms with van der Waals surface area (Å²) in [6, 6.07) is 13.2. The number of benzene rings is 2. The molecule has 0 saturated heterocycles. The summed E-state index contributed by atoms with van der Waals surface area (Å²) in [5.74, 6) is -0.194. The van der Waals surface area contributed by atoms with E-state index in [0.29, 0.717) is 6.54 Å². The SMILES string of the molecule is NCCCCc1c(-c2ccccc2I)[nH]c2ccc(F)cc12. The van der Waals surface area contributed by atoms with Crippen molar-refractivity contribution in [3.8, 4) is 11.3 Å². The number of hydrogen-bond acceptors (Lipinski definition) is 1. The zero-order valence-corrected chi connectivity index (χ0v) is 14.4. The molecule has 22 heavy (non-hydrogen) atoms. The number of rotatable bonds is 5. The minimum atomic E-state index is -0.194. The van der Waals surface area contributed by atoms with Gasteiger partial charge in [-0.3, -0.25) is 0 Å². The minimum absolute atomic E-state index is 0.194. The van der Waals surface area contributed by atoms with E-state index in [1.54, 1.807) is 6.07 Å². The molecule has 3 aromatic rings. The van der Waals surface area contributed by atoms with E-state index < -0.39 is 0 Å². The first-order valence-corrected chi connectivity index (χ1v) is 8.53. The number of unbranched alkanes of at least 4 members (excludes halogenated alkanes) is 1. The highest BCUT2D eigenvalue weighted by atomic mass is 127. The van der Waals surface area contributed by atoms with E-state index in [0.717, 1.165) is 35.9 Å². The number of nitrogens with two attached hydrogens (primary N) is 1. The fourth-order valence-electron chi connectivity index (χ4n) is 2.82. The van der Waals surface area contributed by atoms with Crippen LogP contribution in [0.15, 0.2) is 42.5 Å². The van der Waals surface area contributed by atoms with Crippen molar-refractivity contribution in [1.82, 2.24) is 4.98 Å². The Hall–Kier alpha value is -1.40. The molecular weight excluding hydrogens is 390 g/mol. The number of H-pyrrole nitrogens is 1. The van der Waals surface area contributed by atoms with Gasteiger partial charge in [-0.15, -0.1) is 0 Å². The van der Waals surface area contributed by atoms with E-state index >= 15 is 0 Å². The Morgan fingerprint density at radius 2 is 1.91 bits per heavy atom. The Morgan fingerprint density at radius 3 is 2.68 bits per heavy atom. The second-order valence-corrected chi connectivity index (χ2v) is 6.56. The minimum Gasteiger partial charge on any atom is -0.354 e. The van der Waals surface area contributed by atoms with Gasteiger partial charge in [0.2, 0.25) is 0 Å². The van der Waals surface area contributed by atoms with Gasteiger partial charge in [0.05, 0.1) is 5.69 Å². The Labute approximate surface area is 143 Å². The molecule has 4 heteroatoms. The van der Waals surface area contributed by atoms with Crippen molar-refractivity contribution < 1.29 is 4.39 Å². The second-order valence-electron chi connectivity index (χ2n) is 5.39. The summed E-state index contributed by atoms with van der Waals surface area (Å²) in [5, 5.41) is 0.978. The third-order valence-corrected chi connectivity index (χ3v) is 4.83. The Kier molecular flexibility index (Phi) is 4.78. The quantitative estimate of drug-likeness (QED) is 0.460. The average Bonchev–Trinajstić information content (AvgIpc) is 2.86. The first-order chi connectivity index (χ1) is 10.7. The van der Waals surface area contributed by atoms with Crippen molar-refractivity contribution in [2.24, 2.45) is 5.73 Å². The van der Waals surface area contributed by atoms with Gasteiger partial charge in [0.25, 0.3) is 0 Å². The summed E-state index contributed by atoms with van der Waals surface area (Å²) >= 11 is 2.34. The molecule has 2 aromatic carbocycles. The largest absolute Gasteiger partial charge is 0.354 e. The number of aryl methyl sites for hydroxylation is 1. The van der Waals surface area contributed by atoms with Crippen LogP contribution in [0.25, 0.3) is 22.2 Å². The van der Waals surface area contributed by atoms with Gasteiger partial charge in [0.15, 0.2) is 0 Å². The summed E-state index contributed by atoms with van der Waals surface area (Å²) in [6.07, 6.45) is 2.89. The third-order valence-electron chi connectivity index (χ3n) is 3.89. The zero-order chi connectivity index (χ0) is 15.5. The number of aromatic nitrogens is 1. The fourth-order valence-corrected chi connectivity index (χ4v) is 3.48. The molecular formula is C18H18FIN2. The van der Waals surface area contributed by atoms with Crippen molar-refractivity contribution in [3.63, 3.8) is 0 Å². The lowest BCUT2D eigenvalue weighted by Crippen LogP contribution is -1.99. The van der Waals surface area contributed by atoms with Crippen molar-refractivity contribution in [3.05, 3.63) is 57.4 Å². The van der Waals surface area contributed by atoms with Gasteiger partial charge in [-0.2, -0.15) is 0 Å². The van der Waals surface area contributed by atoms with E-state index in [1.165, 1.54) is 20.8 Å². The highest BCUT2D eigenvalue weighted by Gasteiger charge is 2.15. The molecule has 0 bridgehead atoms. The molecule has 3 N–H and O–H groups in total. The predicted octanol–water partition coefficient (Wildman–Crippen LogP) is 4.86. The maximum Gasteiger partial charge on any atom is 0.123 e. The first-order valence-electron chi connectivity index (χ1n) is 7.46. The van der Waals surface area contributed by atoms with Crippen LogP contribution in [0, 0.1) is 9.39 Å². The molecule has 3 rings (SSSR count). The van der Waals surface area contributed by atoms with Crippen LogP contribution in [0.5, 0.6) is 0 Å². The highest BCUT2D eigenvalue weighted by molar-refractivity contribution is 14.1. The van der Waals surface area contributed by atoms with E-state index in [4.69, 9.17) is 5.73 Å².